The van der Waals surface area contributed by atoms with Crippen LogP contribution in [0.2, 0.25) is 0 Å². The molecule has 3 rings (SSSR count). The Bertz CT molecular complexity index is 887. The molecule has 1 amide bonds. The fraction of sp³-hybridized carbons (Fsp3) is 0.158. The Morgan fingerprint density at radius 1 is 1.17 bits per heavy atom. The second kappa shape index (κ2) is 6.84. The summed E-state index contributed by atoms with van der Waals surface area (Å²) in [6.07, 6.45) is 0. The second-order valence-electron chi connectivity index (χ2n) is 5.51. The van der Waals surface area contributed by atoms with Crippen LogP contribution in [0.5, 0.6) is 5.75 Å². The number of methoxy groups -OCH3 is 1. The number of aryl methyl sites for hydroxylation is 2. The van der Waals surface area contributed by atoms with Crippen LogP contribution in [-0.2, 0) is 0 Å². The van der Waals surface area contributed by atoms with Crippen molar-refractivity contribution in [1.82, 2.24) is 4.98 Å². The molecule has 3 aromatic rings. The molecule has 0 aliphatic heterocycles. The van der Waals surface area contributed by atoms with Crippen molar-refractivity contribution in [2.45, 2.75) is 13.8 Å². The largest absolute Gasteiger partial charge is 0.496 e. The van der Waals surface area contributed by atoms with Crippen molar-refractivity contribution >= 4 is 22.4 Å². The number of amides is 1. The first-order chi connectivity index (χ1) is 11.6. The number of rotatable bonds is 4. The van der Waals surface area contributed by atoms with Gasteiger partial charge in [0.2, 0.25) is 0 Å². The summed E-state index contributed by atoms with van der Waals surface area (Å²) in [5.74, 6) is 0.315. The third kappa shape index (κ3) is 3.31. The number of hydrogen-bond acceptors (Lipinski definition) is 4. The fourth-order valence-electron chi connectivity index (χ4n) is 2.46. The maximum absolute atomic E-state index is 12.4. The van der Waals surface area contributed by atoms with Gasteiger partial charge in [0, 0.05) is 10.9 Å². The van der Waals surface area contributed by atoms with Crippen LogP contribution in [0.15, 0.2) is 47.8 Å². The van der Waals surface area contributed by atoms with Crippen LogP contribution >= 0.6 is 11.3 Å². The predicted molar refractivity (Wildman–Crippen MR) is 98.0 cm³/mol. The Labute approximate surface area is 145 Å². The lowest BCUT2D eigenvalue weighted by Crippen LogP contribution is -2.12. The third-order valence-corrected chi connectivity index (χ3v) is 4.50. The summed E-state index contributed by atoms with van der Waals surface area (Å²) in [7, 11) is 1.55. The Hall–Kier alpha value is -2.66. The number of ether oxygens (including phenoxy) is 1. The summed E-state index contributed by atoms with van der Waals surface area (Å²) in [6.45, 7) is 4.11. The molecule has 1 aromatic heterocycles. The summed E-state index contributed by atoms with van der Waals surface area (Å²) in [6, 6.07) is 13.4. The molecule has 0 atom stereocenters. The summed E-state index contributed by atoms with van der Waals surface area (Å²) in [5.41, 5.74) is 4.79. The molecular weight excluding hydrogens is 320 g/mol. The number of para-hydroxylation sites is 1. The quantitative estimate of drug-likeness (QED) is 0.751. The van der Waals surface area contributed by atoms with E-state index in [4.69, 9.17) is 4.74 Å². The Balaban J connectivity index is 1.84. The van der Waals surface area contributed by atoms with E-state index in [0.717, 1.165) is 16.8 Å². The van der Waals surface area contributed by atoms with Crippen LogP contribution in [0, 0.1) is 13.8 Å². The molecule has 2 aromatic carbocycles. The van der Waals surface area contributed by atoms with Crippen LogP contribution in [0.3, 0.4) is 0 Å². The van der Waals surface area contributed by atoms with Crippen LogP contribution in [-0.4, -0.2) is 18.0 Å². The maximum Gasteiger partial charge on any atom is 0.261 e. The molecule has 1 heterocycles. The molecule has 0 unspecified atom stereocenters. The molecule has 1 N–H and O–H groups in total. The van der Waals surface area contributed by atoms with Gasteiger partial charge in [0.05, 0.1) is 18.4 Å². The Morgan fingerprint density at radius 3 is 2.75 bits per heavy atom. The first-order valence-electron chi connectivity index (χ1n) is 7.56. The zero-order valence-corrected chi connectivity index (χ0v) is 14.6. The minimum Gasteiger partial charge on any atom is -0.496 e. The van der Waals surface area contributed by atoms with Gasteiger partial charge in [0.25, 0.3) is 5.91 Å². The number of thiazole rings is 1. The summed E-state index contributed by atoms with van der Waals surface area (Å²) >= 11 is 1.41. The molecule has 0 bridgehead atoms. The highest BCUT2D eigenvalue weighted by molar-refractivity contribution is 7.14. The number of aromatic nitrogens is 1. The number of nitrogens with zero attached hydrogens (tertiary/aromatic N) is 1. The second-order valence-corrected chi connectivity index (χ2v) is 6.37. The van der Waals surface area contributed by atoms with Crippen molar-refractivity contribution in [1.29, 1.82) is 0 Å². The summed E-state index contributed by atoms with van der Waals surface area (Å²) in [4.78, 5) is 17.0. The molecule has 24 heavy (non-hydrogen) atoms. The van der Waals surface area contributed by atoms with E-state index in [1.807, 2.05) is 11.4 Å². The number of hydrogen-bond donors (Lipinski definition) is 1. The zero-order valence-electron chi connectivity index (χ0n) is 13.8. The van der Waals surface area contributed by atoms with Gasteiger partial charge in [-0.05, 0) is 37.6 Å². The van der Waals surface area contributed by atoms with Gasteiger partial charge in [-0.2, -0.15) is 0 Å². The highest BCUT2D eigenvalue weighted by atomic mass is 32.1. The van der Waals surface area contributed by atoms with Crippen molar-refractivity contribution in [3.8, 4) is 17.0 Å². The number of nitrogens with one attached hydrogen (secondary N) is 1. The van der Waals surface area contributed by atoms with Crippen molar-refractivity contribution in [2.75, 3.05) is 12.4 Å². The zero-order chi connectivity index (χ0) is 17.1. The lowest BCUT2D eigenvalue weighted by molar-refractivity contribution is 0.102. The Kier molecular flexibility index (Phi) is 4.62. The topological polar surface area (TPSA) is 51.2 Å². The van der Waals surface area contributed by atoms with Crippen LogP contribution < -0.4 is 10.1 Å². The molecule has 0 aliphatic rings. The highest BCUT2D eigenvalue weighted by Gasteiger charge is 2.14. The van der Waals surface area contributed by atoms with Gasteiger partial charge in [-0.15, -0.1) is 11.3 Å². The van der Waals surface area contributed by atoms with E-state index in [1.54, 1.807) is 25.3 Å². The number of benzene rings is 2. The first kappa shape index (κ1) is 16.2. The van der Waals surface area contributed by atoms with Gasteiger partial charge >= 0.3 is 0 Å². The molecule has 0 fully saturated rings. The minimum absolute atomic E-state index is 0.227. The molecule has 0 saturated carbocycles. The van der Waals surface area contributed by atoms with Gasteiger partial charge in [0.15, 0.2) is 5.13 Å². The number of anilines is 1. The molecule has 0 spiro atoms. The van der Waals surface area contributed by atoms with E-state index in [-0.39, 0.29) is 5.91 Å². The predicted octanol–water partition coefficient (Wildman–Crippen LogP) is 4.69. The lowest BCUT2D eigenvalue weighted by atomic mass is 10.0. The Morgan fingerprint density at radius 2 is 1.96 bits per heavy atom. The smallest absolute Gasteiger partial charge is 0.261 e. The lowest BCUT2D eigenvalue weighted by Gasteiger charge is -2.07. The number of carbonyl (C=O) groups is 1. The van der Waals surface area contributed by atoms with E-state index in [9.17, 15) is 4.79 Å². The molecular formula is C19H18N2O2S. The van der Waals surface area contributed by atoms with Crippen molar-refractivity contribution in [3.63, 3.8) is 0 Å². The standard InChI is InChI=1S/C19H18N2O2S/c1-12-8-9-13(2)15(10-12)16-11-24-19(20-16)21-18(22)14-6-4-5-7-17(14)23-3/h4-11H,1-3H3,(H,20,21,22). The van der Waals surface area contributed by atoms with Crippen molar-refractivity contribution in [3.05, 3.63) is 64.5 Å². The summed E-state index contributed by atoms with van der Waals surface area (Å²) < 4.78 is 5.23. The van der Waals surface area contributed by atoms with E-state index in [2.05, 4.69) is 42.3 Å². The third-order valence-electron chi connectivity index (χ3n) is 3.75. The molecule has 122 valence electrons. The monoisotopic (exact) mass is 338 g/mol. The van der Waals surface area contributed by atoms with Gasteiger partial charge in [-0.3, -0.25) is 10.1 Å². The average Bonchev–Trinajstić information content (AvgIpc) is 3.05. The molecule has 0 aliphatic carbocycles. The van der Waals surface area contributed by atoms with Gasteiger partial charge in [0.1, 0.15) is 5.75 Å². The SMILES string of the molecule is COc1ccccc1C(=O)Nc1nc(-c2cc(C)ccc2C)cs1. The minimum atomic E-state index is -0.227. The van der Waals surface area contributed by atoms with Crippen molar-refractivity contribution < 1.29 is 9.53 Å². The van der Waals surface area contributed by atoms with Gasteiger partial charge in [-0.1, -0.05) is 29.8 Å². The van der Waals surface area contributed by atoms with Crippen LogP contribution in [0.25, 0.3) is 11.3 Å². The molecule has 0 saturated heterocycles. The van der Waals surface area contributed by atoms with E-state index in [1.165, 1.54) is 16.9 Å². The van der Waals surface area contributed by atoms with Gasteiger partial charge < -0.3 is 4.74 Å². The highest BCUT2D eigenvalue weighted by Crippen LogP contribution is 2.29. The summed E-state index contributed by atoms with van der Waals surface area (Å²) in [5, 5.41) is 5.37. The molecule has 4 nitrogen and oxygen atoms in total. The van der Waals surface area contributed by atoms with Gasteiger partial charge in [-0.25, -0.2) is 4.98 Å². The number of carbonyl (C=O) groups excluding carboxylic acids is 1. The normalized spacial score (nSPS) is 10.5. The van der Waals surface area contributed by atoms with Crippen LogP contribution in [0.1, 0.15) is 21.5 Å². The first-order valence-corrected chi connectivity index (χ1v) is 8.44. The molecule has 5 heteroatoms. The van der Waals surface area contributed by atoms with Crippen molar-refractivity contribution in [2.24, 2.45) is 0 Å². The maximum atomic E-state index is 12.4. The van der Waals surface area contributed by atoms with E-state index < -0.39 is 0 Å². The van der Waals surface area contributed by atoms with E-state index in [0.29, 0.717) is 16.4 Å². The van der Waals surface area contributed by atoms with Crippen LogP contribution in [0.4, 0.5) is 5.13 Å². The molecule has 0 radical (unpaired) electrons. The average molecular weight is 338 g/mol. The van der Waals surface area contributed by atoms with E-state index >= 15 is 0 Å². The fourth-order valence-corrected chi connectivity index (χ4v) is 3.17.